The summed E-state index contributed by atoms with van der Waals surface area (Å²) < 4.78 is 112. The van der Waals surface area contributed by atoms with Crippen LogP contribution in [-0.4, -0.2) is 6.18 Å². The van der Waals surface area contributed by atoms with Crippen molar-refractivity contribution in [1.29, 1.82) is 0 Å². The minimum absolute atomic E-state index is 0.0299. The largest absolute Gasteiger partial charge is 0.416 e. The third-order valence-corrected chi connectivity index (χ3v) is 3.24. The van der Waals surface area contributed by atoms with Crippen molar-refractivity contribution in [3.63, 3.8) is 0 Å². The lowest BCUT2D eigenvalue weighted by Crippen LogP contribution is -2.18. The summed E-state index contributed by atoms with van der Waals surface area (Å²) in [6.45, 7) is 0. The lowest BCUT2D eigenvalue weighted by atomic mass is 10.0. The summed E-state index contributed by atoms with van der Waals surface area (Å²) in [5.41, 5.74) is -4.76. The van der Waals surface area contributed by atoms with Gasteiger partial charge in [-0.15, -0.1) is 0 Å². The van der Waals surface area contributed by atoms with Gasteiger partial charge in [0, 0.05) is 0 Å². The zero-order chi connectivity index (χ0) is 15.9. The molecule has 0 fully saturated rings. The third-order valence-electron chi connectivity index (χ3n) is 2.19. The van der Waals surface area contributed by atoms with Gasteiger partial charge in [-0.25, -0.2) is 0 Å². The average molecular weight is 375 g/mol. The molecule has 0 N–H and O–H groups in total. The Kier molecular flexibility index (Phi) is 4.38. The van der Waals surface area contributed by atoms with E-state index in [9.17, 15) is 39.5 Å². The van der Waals surface area contributed by atoms with Gasteiger partial charge in [0.25, 0.3) is 0 Å². The highest BCUT2D eigenvalue weighted by molar-refractivity contribution is 9.09. The number of halogens is 10. The first-order chi connectivity index (χ1) is 8.73. The fourth-order valence-corrected chi connectivity index (χ4v) is 1.58. The number of hydrogen-bond donors (Lipinski definition) is 0. The predicted octanol–water partition coefficient (Wildman–Crippen LogP) is 5.72. The standard InChI is InChI=1S/C10H4BrF9/c11-7(10(18,19)20)4-1-5(8(12,13)14)3-6(2-4)9(15,16)17/h1-3,7H. The maximum atomic E-state index is 12.4. The summed E-state index contributed by atoms with van der Waals surface area (Å²) in [7, 11) is 0. The molecular weight excluding hydrogens is 371 g/mol. The Bertz CT molecular complexity index is 451. The molecule has 0 aromatic heterocycles. The average Bonchev–Trinajstić information content (AvgIpc) is 2.23. The zero-order valence-electron chi connectivity index (χ0n) is 9.09. The van der Waals surface area contributed by atoms with Crippen molar-refractivity contribution in [2.45, 2.75) is 23.4 Å². The first kappa shape index (κ1) is 17.1. The Labute approximate surface area is 114 Å². The van der Waals surface area contributed by atoms with Gasteiger partial charge in [0.1, 0.15) is 4.83 Å². The van der Waals surface area contributed by atoms with Crippen molar-refractivity contribution in [3.05, 3.63) is 34.9 Å². The molecule has 0 aliphatic carbocycles. The second-order valence-electron chi connectivity index (χ2n) is 3.74. The summed E-state index contributed by atoms with van der Waals surface area (Å²) >= 11 is 2.05. The Morgan fingerprint density at radius 1 is 0.700 bits per heavy atom. The van der Waals surface area contributed by atoms with Gasteiger partial charge in [-0.2, -0.15) is 39.5 Å². The predicted molar refractivity (Wildman–Crippen MR) is 54.2 cm³/mol. The van der Waals surface area contributed by atoms with Gasteiger partial charge in [0.15, 0.2) is 0 Å². The van der Waals surface area contributed by atoms with E-state index in [4.69, 9.17) is 0 Å². The molecule has 1 aromatic carbocycles. The Hall–Kier alpha value is -0.930. The van der Waals surface area contributed by atoms with E-state index < -0.39 is 40.0 Å². The number of alkyl halides is 10. The number of hydrogen-bond acceptors (Lipinski definition) is 0. The molecule has 0 spiro atoms. The van der Waals surface area contributed by atoms with Crippen molar-refractivity contribution in [3.8, 4) is 0 Å². The van der Waals surface area contributed by atoms with Crippen LogP contribution in [-0.2, 0) is 12.4 Å². The first-order valence-corrected chi connectivity index (χ1v) is 5.64. The molecule has 0 heterocycles. The highest BCUT2D eigenvalue weighted by atomic mass is 79.9. The highest BCUT2D eigenvalue weighted by Crippen LogP contribution is 2.43. The van der Waals surface area contributed by atoms with Crippen LogP contribution in [0.2, 0.25) is 0 Å². The van der Waals surface area contributed by atoms with Gasteiger partial charge in [-0.1, -0.05) is 15.9 Å². The minimum Gasteiger partial charge on any atom is -0.169 e. The summed E-state index contributed by atoms with van der Waals surface area (Å²) in [6.07, 6.45) is -15.4. The van der Waals surface area contributed by atoms with Crippen LogP contribution in [0.3, 0.4) is 0 Å². The molecule has 10 heteroatoms. The van der Waals surface area contributed by atoms with Crippen LogP contribution >= 0.6 is 15.9 Å². The van der Waals surface area contributed by atoms with E-state index in [2.05, 4.69) is 0 Å². The SMILES string of the molecule is FC(F)(F)c1cc(C(Br)C(F)(F)F)cc(C(F)(F)F)c1. The molecule has 0 saturated heterocycles. The van der Waals surface area contributed by atoms with Crippen LogP contribution < -0.4 is 0 Å². The molecule has 0 nitrogen and oxygen atoms in total. The number of benzene rings is 1. The van der Waals surface area contributed by atoms with Crippen LogP contribution in [0.25, 0.3) is 0 Å². The molecule has 0 radical (unpaired) electrons. The molecule has 0 aliphatic heterocycles. The third kappa shape index (κ3) is 4.03. The molecule has 0 bridgehead atoms. The van der Waals surface area contributed by atoms with E-state index in [0.717, 1.165) is 0 Å². The smallest absolute Gasteiger partial charge is 0.169 e. The van der Waals surface area contributed by atoms with Crippen LogP contribution in [0.15, 0.2) is 18.2 Å². The topological polar surface area (TPSA) is 0 Å². The van der Waals surface area contributed by atoms with Crippen molar-refractivity contribution in [1.82, 2.24) is 0 Å². The summed E-state index contributed by atoms with van der Waals surface area (Å²) in [4.78, 5) is -2.63. The fraction of sp³-hybridized carbons (Fsp3) is 0.400. The normalized spacial score (nSPS) is 15.3. The molecule has 114 valence electrons. The molecular formula is C10H4BrF9. The fourth-order valence-electron chi connectivity index (χ4n) is 1.31. The van der Waals surface area contributed by atoms with Gasteiger partial charge < -0.3 is 0 Å². The van der Waals surface area contributed by atoms with Gasteiger partial charge in [-0.3, -0.25) is 0 Å². The summed E-state index contributed by atoms with van der Waals surface area (Å²) in [5, 5.41) is 0. The van der Waals surface area contributed by atoms with Crippen molar-refractivity contribution >= 4 is 15.9 Å². The van der Waals surface area contributed by atoms with Crippen molar-refractivity contribution < 1.29 is 39.5 Å². The summed E-state index contributed by atoms with van der Waals surface area (Å²) in [5.74, 6) is 0. The van der Waals surface area contributed by atoms with E-state index >= 15 is 0 Å². The van der Waals surface area contributed by atoms with Gasteiger partial charge in [-0.05, 0) is 23.8 Å². The molecule has 0 amide bonds. The van der Waals surface area contributed by atoms with Gasteiger partial charge in [0.05, 0.1) is 11.1 Å². The van der Waals surface area contributed by atoms with E-state index in [1.165, 1.54) is 0 Å². The Morgan fingerprint density at radius 3 is 1.30 bits per heavy atom. The van der Waals surface area contributed by atoms with E-state index in [-0.39, 0.29) is 18.2 Å². The Balaban J connectivity index is 3.47. The molecule has 1 aromatic rings. The molecule has 0 aliphatic rings. The van der Waals surface area contributed by atoms with Gasteiger partial charge in [0.2, 0.25) is 0 Å². The van der Waals surface area contributed by atoms with Crippen LogP contribution in [0.4, 0.5) is 39.5 Å². The first-order valence-electron chi connectivity index (χ1n) is 4.73. The second kappa shape index (κ2) is 5.12. The molecule has 1 unspecified atom stereocenters. The monoisotopic (exact) mass is 374 g/mol. The lowest BCUT2D eigenvalue weighted by Gasteiger charge is -2.18. The maximum absolute atomic E-state index is 12.4. The van der Waals surface area contributed by atoms with Gasteiger partial charge >= 0.3 is 18.5 Å². The van der Waals surface area contributed by atoms with E-state index in [0.29, 0.717) is 0 Å². The molecule has 1 rings (SSSR count). The number of rotatable bonds is 1. The zero-order valence-corrected chi connectivity index (χ0v) is 10.7. The van der Waals surface area contributed by atoms with Crippen molar-refractivity contribution in [2.24, 2.45) is 0 Å². The molecule has 20 heavy (non-hydrogen) atoms. The van der Waals surface area contributed by atoms with Crippen molar-refractivity contribution in [2.75, 3.05) is 0 Å². The minimum atomic E-state index is -5.19. The van der Waals surface area contributed by atoms with Crippen LogP contribution in [0.1, 0.15) is 21.5 Å². The van der Waals surface area contributed by atoms with E-state index in [1.54, 1.807) is 0 Å². The van der Waals surface area contributed by atoms with E-state index in [1.807, 2.05) is 15.9 Å². The molecule has 1 atom stereocenters. The lowest BCUT2D eigenvalue weighted by molar-refractivity contribution is -0.144. The van der Waals surface area contributed by atoms with Crippen LogP contribution in [0, 0.1) is 0 Å². The maximum Gasteiger partial charge on any atom is 0.416 e. The Morgan fingerprint density at radius 2 is 1.05 bits per heavy atom. The molecule has 0 saturated carbocycles. The highest BCUT2D eigenvalue weighted by Gasteiger charge is 2.42. The second-order valence-corrected chi connectivity index (χ2v) is 4.66. The van der Waals surface area contributed by atoms with Crippen LogP contribution in [0.5, 0.6) is 0 Å². The quantitative estimate of drug-likeness (QED) is 0.435. The summed E-state index contributed by atoms with van der Waals surface area (Å²) in [6, 6.07) is -0.177.